The molecule has 1 aromatic heterocycles. The predicted molar refractivity (Wildman–Crippen MR) is 65.3 cm³/mol. The molecule has 3 nitrogen and oxygen atoms in total. The van der Waals surface area contributed by atoms with E-state index in [1.165, 1.54) is 12.1 Å². The van der Waals surface area contributed by atoms with Crippen molar-refractivity contribution in [1.29, 1.82) is 0 Å². The van der Waals surface area contributed by atoms with Crippen molar-refractivity contribution in [3.05, 3.63) is 48.3 Å². The highest BCUT2D eigenvalue weighted by molar-refractivity contribution is 5.34. The molecule has 2 N–H and O–H groups in total. The summed E-state index contributed by atoms with van der Waals surface area (Å²) in [5.74, 6) is 0.0410. The Balaban J connectivity index is 2.43. The minimum absolute atomic E-state index is 0.110. The molecule has 0 amide bonds. The molecule has 0 fully saturated rings. The molecule has 0 spiro atoms. The minimum atomic E-state index is -0.264. The predicted octanol–water partition coefficient (Wildman–Crippen LogP) is 2.67. The fourth-order valence-corrected chi connectivity index (χ4v) is 1.74. The topological polar surface area (TPSA) is 43.8 Å². The van der Waals surface area contributed by atoms with Crippen LogP contribution in [0.15, 0.2) is 36.8 Å². The smallest absolute Gasteiger partial charge is 0.125 e. The molecule has 1 heterocycles. The number of aromatic nitrogens is 2. The minimum Gasteiger partial charge on any atom is -0.322 e. The van der Waals surface area contributed by atoms with Gasteiger partial charge in [0.25, 0.3) is 0 Å². The van der Waals surface area contributed by atoms with Crippen LogP contribution in [0.5, 0.6) is 0 Å². The van der Waals surface area contributed by atoms with E-state index in [0.717, 1.165) is 11.4 Å². The molecule has 4 heteroatoms. The number of benzene rings is 1. The van der Waals surface area contributed by atoms with Crippen LogP contribution in [0, 0.1) is 11.7 Å². The molecule has 0 saturated heterocycles. The van der Waals surface area contributed by atoms with Crippen molar-refractivity contribution in [3.8, 4) is 5.69 Å². The first-order valence-electron chi connectivity index (χ1n) is 5.63. The highest BCUT2D eigenvalue weighted by Gasteiger charge is 2.15. The Morgan fingerprint density at radius 2 is 2.12 bits per heavy atom. The van der Waals surface area contributed by atoms with Crippen LogP contribution in [0.3, 0.4) is 0 Å². The number of imidazole rings is 1. The molecule has 2 aromatic rings. The summed E-state index contributed by atoms with van der Waals surface area (Å²) < 4.78 is 15.0. The van der Waals surface area contributed by atoms with E-state index in [1.54, 1.807) is 18.6 Å². The summed E-state index contributed by atoms with van der Waals surface area (Å²) in [6, 6.07) is 6.29. The fourth-order valence-electron chi connectivity index (χ4n) is 1.74. The van der Waals surface area contributed by atoms with Crippen LogP contribution in [0.1, 0.15) is 25.6 Å². The summed E-state index contributed by atoms with van der Waals surface area (Å²) >= 11 is 0. The third kappa shape index (κ3) is 2.36. The van der Waals surface area contributed by atoms with Crippen LogP contribution in [0.2, 0.25) is 0 Å². The summed E-state index contributed by atoms with van der Waals surface area (Å²) in [6.07, 6.45) is 3.39. The van der Waals surface area contributed by atoms with Crippen LogP contribution in [0.4, 0.5) is 4.39 Å². The van der Waals surface area contributed by atoms with E-state index < -0.39 is 0 Å². The molecule has 1 atom stereocenters. The van der Waals surface area contributed by atoms with Crippen molar-refractivity contribution in [3.63, 3.8) is 0 Å². The van der Waals surface area contributed by atoms with Gasteiger partial charge in [-0.2, -0.15) is 0 Å². The molecule has 0 aliphatic rings. The van der Waals surface area contributed by atoms with E-state index in [-0.39, 0.29) is 11.9 Å². The van der Waals surface area contributed by atoms with Gasteiger partial charge in [0.2, 0.25) is 0 Å². The zero-order chi connectivity index (χ0) is 12.4. The highest BCUT2D eigenvalue weighted by Crippen LogP contribution is 2.21. The summed E-state index contributed by atoms with van der Waals surface area (Å²) in [6.45, 7) is 4.10. The number of rotatable bonds is 3. The lowest BCUT2D eigenvalue weighted by Gasteiger charge is -2.17. The molecule has 0 aliphatic heterocycles. The van der Waals surface area contributed by atoms with Gasteiger partial charge < -0.3 is 10.3 Å². The molecule has 90 valence electrons. The highest BCUT2D eigenvalue weighted by atomic mass is 19.1. The Morgan fingerprint density at radius 3 is 2.76 bits per heavy atom. The van der Waals surface area contributed by atoms with Crippen molar-refractivity contribution in [1.82, 2.24) is 9.55 Å². The van der Waals surface area contributed by atoms with Gasteiger partial charge in [0, 0.05) is 11.7 Å². The molecule has 1 unspecified atom stereocenters. The van der Waals surface area contributed by atoms with Gasteiger partial charge in [-0.3, -0.25) is 0 Å². The average Bonchev–Trinajstić information content (AvgIpc) is 2.76. The van der Waals surface area contributed by atoms with Crippen molar-refractivity contribution >= 4 is 0 Å². The van der Waals surface area contributed by atoms with Gasteiger partial charge in [0.05, 0.1) is 18.2 Å². The van der Waals surface area contributed by atoms with Gasteiger partial charge in [-0.1, -0.05) is 19.9 Å². The van der Waals surface area contributed by atoms with Crippen molar-refractivity contribution in [2.45, 2.75) is 19.9 Å². The van der Waals surface area contributed by atoms with E-state index in [4.69, 9.17) is 5.73 Å². The largest absolute Gasteiger partial charge is 0.322 e. The zero-order valence-electron chi connectivity index (χ0n) is 9.97. The van der Waals surface area contributed by atoms with Crippen LogP contribution in [-0.2, 0) is 0 Å². The van der Waals surface area contributed by atoms with Gasteiger partial charge >= 0.3 is 0 Å². The first-order chi connectivity index (χ1) is 8.09. The lowest BCUT2D eigenvalue weighted by molar-refractivity contribution is 0.496. The second kappa shape index (κ2) is 4.67. The van der Waals surface area contributed by atoms with Gasteiger partial charge in [-0.15, -0.1) is 0 Å². The summed E-state index contributed by atoms with van der Waals surface area (Å²) in [4.78, 5) is 4.09. The monoisotopic (exact) mass is 233 g/mol. The molecule has 0 radical (unpaired) electrons. The number of hydrogen-bond donors (Lipinski definition) is 1. The maximum atomic E-state index is 13.2. The van der Waals surface area contributed by atoms with E-state index in [9.17, 15) is 4.39 Å². The van der Waals surface area contributed by atoms with Crippen LogP contribution in [-0.4, -0.2) is 9.55 Å². The number of nitrogens with zero attached hydrogens (tertiary/aromatic N) is 2. The normalized spacial score (nSPS) is 13.0. The maximum Gasteiger partial charge on any atom is 0.125 e. The molecule has 17 heavy (non-hydrogen) atoms. The van der Waals surface area contributed by atoms with Crippen molar-refractivity contribution in [2.75, 3.05) is 0 Å². The number of halogens is 1. The maximum absolute atomic E-state index is 13.2. The number of nitrogens with two attached hydrogens (primary N) is 1. The molecule has 0 bridgehead atoms. The second-order valence-electron chi connectivity index (χ2n) is 4.44. The lowest BCUT2D eigenvalue weighted by atomic mass is 10.0. The molecule has 2 rings (SSSR count). The van der Waals surface area contributed by atoms with Gasteiger partial charge in [-0.05, 0) is 24.1 Å². The molecular weight excluding hydrogens is 217 g/mol. The summed E-state index contributed by atoms with van der Waals surface area (Å²) in [5.41, 5.74) is 7.74. The summed E-state index contributed by atoms with van der Waals surface area (Å²) in [5, 5.41) is 0. The molecule has 0 aliphatic carbocycles. The Bertz CT molecular complexity index is 505. The lowest BCUT2D eigenvalue weighted by Crippen LogP contribution is -2.19. The third-order valence-corrected chi connectivity index (χ3v) is 2.81. The Kier molecular flexibility index (Phi) is 3.24. The fraction of sp³-hybridized carbons (Fsp3) is 0.308. The van der Waals surface area contributed by atoms with E-state index in [0.29, 0.717) is 5.92 Å². The Hall–Kier alpha value is -1.68. The van der Waals surface area contributed by atoms with Gasteiger partial charge in [0.1, 0.15) is 5.82 Å². The molecule has 0 saturated carbocycles. The van der Waals surface area contributed by atoms with Crippen LogP contribution >= 0.6 is 0 Å². The first-order valence-corrected chi connectivity index (χ1v) is 5.63. The molecule has 1 aromatic carbocycles. The van der Waals surface area contributed by atoms with Gasteiger partial charge in [-0.25, -0.2) is 9.37 Å². The standard InChI is InChI=1S/C13H16FN3/c1-9(2)13(15)12-7-16-8-17(12)11-5-3-4-10(14)6-11/h3-9,13H,15H2,1-2H3. The Labute approximate surface area is 100 Å². The molecular formula is C13H16FN3. The van der Waals surface area contributed by atoms with E-state index >= 15 is 0 Å². The average molecular weight is 233 g/mol. The zero-order valence-corrected chi connectivity index (χ0v) is 9.97. The van der Waals surface area contributed by atoms with Crippen molar-refractivity contribution in [2.24, 2.45) is 11.7 Å². The van der Waals surface area contributed by atoms with E-state index in [2.05, 4.69) is 4.98 Å². The first kappa shape index (κ1) is 11.8. The third-order valence-electron chi connectivity index (χ3n) is 2.81. The quantitative estimate of drug-likeness (QED) is 0.885. The second-order valence-corrected chi connectivity index (χ2v) is 4.44. The van der Waals surface area contributed by atoms with Crippen LogP contribution in [0.25, 0.3) is 5.69 Å². The van der Waals surface area contributed by atoms with Gasteiger partial charge in [0.15, 0.2) is 0 Å². The SMILES string of the molecule is CC(C)C(N)c1cncn1-c1cccc(F)c1. The number of hydrogen-bond acceptors (Lipinski definition) is 2. The Morgan fingerprint density at radius 1 is 1.35 bits per heavy atom. The van der Waals surface area contributed by atoms with Crippen LogP contribution < -0.4 is 5.73 Å². The summed E-state index contributed by atoms with van der Waals surface area (Å²) in [7, 11) is 0. The van der Waals surface area contributed by atoms with Crippen molar-refractivity contribution < 1.29 is 4.39 Å². The van der Waals surface area contributed by atoms with E-state index in [1.807, 2.05) is 24.5 Å².